The normalized spacial score (nSPS) is 12.2. The molecule has 0 radical (unpaired) electrons. The molecule has 0 saturated carbocycles. The van der Waals surface area contributed by atoms with Crippen LogP contribution in [0.25, 0.3) is 42.6 Å². The van der Waals surface area contributed by atoms with Crippen molar-refractivity contribution in [3.8, 4) is 0 Å². The van der Waals surface area contributed by atoms with Crippen molar-refractivity contribution in [1.82, 2.24) is 0 Å². The first kappa shape index (κ1) is 13.7. The lowest BCUT2D eigenvalue weighted by Gasteiger charge is -2.01. The first-order chi connectivity index (χ1) is 11.8. The zero-order valence-electron chi connectivity index (χ0n) is 12.9. The minimum Gasteiger partial charge on any atom is -0.0616 e. The summed E-state index contributed by atoms with van der Waals surface area (Å²) in [5, 5.41) is 8.72. The van der Waals surface area contributed by atoms with E-state index in [0.29, 0.717) is 0 Å². The molecule has 0 amide bonds. The Morgan fingerprint density at radius 3 is 1.96 bits per heavy atom. The highest BCUT2D eigenvalue weighted by molar-refractivity contribution is 7.49. The molecule has 1 unspecified atom stereocenters. The van der Waals surface area contributed by atoms with E-state index in [1.165, 1.54) is 10.8 Å². The Morgan fingerprint density at radius 1 is 0.500 bits per heavy atom. The molecule has 4 aromatic carbocycles. The molecule has 1 heterocycles. The summed E-state index contributed by atoms with van der Waals surface area (Å²) in [6.45, 7) is 0. The highest BCUT2D eigenvalue weighted by atomic mass is 31.1. The van der Waals surface area contributed by atoms with Crippen LogP contribution in [0.4, 0.5) is 0 Å². The van der Waals surface area contributed by atoms with Crippen molar-refractivity contribution in [2.24, 2.45) is 0 Å². The van der Waals surface area contributed by atoms with Gasteiger partial charge in [-0.05, 0) is 45.8 Å². The Hall–Kier alpha value is -2.76. The van der Waals surface area contributed by atoms with Gasteiger partial charge in [0.15, 0.2) is 0 Å². The van der Waals surface area contributed by atoms with Gasteiger partial charge in [0.05, 0.1) is 0 Å². The Kier molecular flexibility index (Phi) is 2.92. The highest BCUT2D eigenvalue weighted by Crippen LogP contribution is 2.42. The van der Waals surface area contributed by atoms with E-state index in [-0.39, 0.29) is 0 Å². The molecule has 24 heavy (non-hydrogen) atoms. The second-order valence-electron chi connectivity index (χ2n) is 6.04. The lowest BCUT2D eigenvalue weighted by Crippen LogP contribution is -1.76. The SMILES string of the molecule is O=[p+]1c2ccccc2c2ccccc2c2c3ccccc3ccc21. The molecule has 2 heteroatoms. The maximum atomic E-state index is 13.4. The van der Waals surface area contributed by atoms with Gasteiger partial charge in [-0.1, -0.05) is 65.2 Å². The Morgan fingerprint density at radius 2 is 1.12 bits per heavy atom. The van der Waals surface area contributed by atoms with Crippen molar-refractivity contribution in [3.63, 3.8) is 0 Å². The van der Waals surface area contributed by atoms with E-state index < -0.39 is 7.41 Å². The van der Waals surface area contributed by atoms with Gasteiger partial charge >= 0.3 is 7.41 Å². The third kappa shape index (κ3) is 1.82. The molecule has 0 saturated heterocycles. The molecular weight excluding hydrogens is 311 g/mol. The van der Waals surface area contributed by atoms with Crippen molar-refractivity contribution in [1.29, 1.82) is 0 Å². The van der Waals surface area contributed by atoms with Crippen molar-refractivity contribution in [2.45, 2.75) is 0 Å². The van der Waals surface area contributed by atoms with Crippen LogP contribution in [0.5, 0.6) is 0 Å². The van der Waals surface area contributed by atoms with E-state index in [0.717, 1.165) is 31.8 Å². The zero-order valence-corrected chi connectivity index (χ0v) is 13.8. The number of fused-ring (bicyclic) bond motifs is 7. The van der Waals surface area contributed by atoms with Crippen LogP contribution in [-0.4, -0.2) is 0 Å². The van der Waals surface area contributed by atoms with Crippen LogP contribution in [0.3, 0.4) is 0 Å². The largest absolute Gasteiger partial charge is 0.416 e. The number of benzene rings is 4. The molecule has 0 aliphatic heterocycles. The average molecular weight is 325 g/mol. The standard InChI is InChI=1S/C22H14OP/c23-24-20-12-6-5-10-18(20)17-9-3-4-11-19(17)22-16-8-2-1-7-15(16)13-14-21(22)24/h1-14H/q+1. The van der Waals surface area contributed by atoms with E-state index in [2.05, 4.69) is 54.6 Å². The lowest BCUT2D eigenvalue weighted by molar-refractivity contribution is 0.602. The minimum absolute atomic E-state index is 0.925. The highest BCUT2D eigenvalue weighted by Gasteiger charge is 2.18. The number of hydrogen-bond donors (Lipinski definition) is 0. The summed E-state index contributed by atoms with van der Waals surface area (Å²) >= 11 is 0. The average Bonchev–Trinajstić information content (AvgIpc) is 2.76. The third-order valence-electron chi connectivity index (χ3n) is 4.74. The Bertz CT molecular complexity index is 1320. The van der Waals surface area contributed by atoms with Crippen LogP contribution in [0.1, 0.15) is 0 Å². The van der Waals surface area contributed by atoms with Gasteiger partial charge in [0.25, 0.3) is 0 Å². The Labute approximate surface area is 139 Å². The summed E-state index contributed by atoms with van der Waals surface area (Å²) in [7, 11) is -1.62. The molecule has 0 aliphatic carbocycles. The molecule has 0 N–H and O–H groups in total. The van der Waals surface area contributed by atoms with E-state index in [1.807, 2.05) is 30.3 Å². The first-order valence-corrected chi connectivity index (χ1v) is 9.28. The summed E-state index contributed by atoms with van der Waals surface area (Å²) < 4.78 is 13.4. The molecule has 5 aromatic rings. The minimum atomic E-state index is -1.62. The van der Waals surface area contributed by atoms with Crippen molar-refractivity contribution >= 4 is 50.0 Å². The lowest BCUT2D eigenvalue weighted by atomic mass is 10.0. The fourth-order valence-corrected chi connectivity index (χ4v) is 5.21. The molecule has 1 aromatic heterocycles. The quantitative estimate of drug-likeness (QED) is 0.298. The van der Waals surface area contributed by atoms with Gasteiger partial charge in [-0.25, -0.2) is 0 Å². The molecular formula is C22H14OP+. The van der Waals surface area contributed by atoms with Crippen LogP contribution < -0.4 is 0 Å². The van der Waals surface area contributed by atoms with E-state index >= 15 is 0 Å². The predicted octanol–water partition coefficient (Wildman–Crippen LogP) is 7.04. The van der Waals surface area contributed by atoms with Gasteiger partial charge in [0.2, 0.25) is 10.2 Å². The fourth-order valence-electron chi connectivity index (χ4n) is 3.66. The van der Waals surface area contributed by atoms with Crippen LogP contribution in [0, 0.1) is 0 Å². The fraction of sp³-hybridized carbons (Fsp3) is 0. The van der Waals surface area contributed by atoms with Crippen molar-refractivity contribution < 1.29 is 4.57 Å². The summed E-state index contributed by atoms with van der Waals surface area (Å²) in [5.41, 5.74) is 0. The van der Waals surface area contributed by atoms with Crippen molar-refractivity contribution in [2.75, 3.05) is 0 Å². The van der Waals surface area contributed by atoms with E-state index in [1.54, 1.807) is 0 Å². The Balaban J connectivity index is 2.30. The van der Waals surface area contributed by atoms with Gasteiger partial charge in [-0.15, -0.1) is 0 Å². The van der Waals surface area contributed by atoms with Crippen LogP contribution >= 0.6 is 7.41 Å². The molecule has 5 rings (SSSR count). The molecule has 0 aliphatic rings. The second kappa shape index (κ2) is 5.12. The first-order valence-electron chi connectivity index (χ1n) is 8.02. The monoisotopic (exact) mass is 325 g/mol. The van der Waals surface area contributed by atoms with Crippen LogP contribution in [0.15, 0.2) is 84.9 Å². The molecule has 0 bridgehead atoms. The van der Waals surface area contributed by atoms with Gasteiger partial charge in [-0.3, -0.25) is 0 Å². The van der Waals surface area contributed by atoms with Gasteiger partial charge in [0.1, 0.15) is 0 Å². The third-order valence-corrected chi connectivity index (χ3v) is 6.37. The molecule has 0 fully saturated rings. The molecule has 0 spiro atoms. The maximum Gasteiger partial charge on any atom is 0.416 e. The van der Waals surface area contributed by atoms with Gasteiger partial charge < -0.3 is 0 Å². The smallest absolute Gasteiger partial charge is 0.0616 e. The van der Waals surface area contributed by atoms with E-state index in [9.17, 15) is 4.57 Å². The topological polar surface area (TPSA) is 17.1 Å². The summed E-state index contributed by atoms with van der Waals surface area (Å²) in [6.07, 6.45) is 0. The molecule has 1 nitrogen and oxygen atoms in total. The predicted molar refractivity (Wildman–Crippen MR) is 104 cm³/mol. The van der Waals surface area contributed by atoms with Gasteiger partial charge in [-0.2, -0.15) is 0 Å². The van der Waals surface area contributed by atoms with Crippen LogP contribution in [-0.2, 0) is 4.57 Å². The molecule has 1 atom stereocenters. The molecule has 112 valence electrons. The van der Waals surface area contributed by atoms with Crippen molar-refractivity contribution in [3.05, 3.63) is 84.9 Å². The second-order valence-corrected chi connectivity index (χ2v) is 7.59. The number of hydrogen-bond acceptors (Lipinski definition) is 1. The summed E-state index contributed by atoms with van der Waals surface area (Å²) in [5.74, 6) is 0. The zero-order chi connectivity index (χ0) is 16.1. The van der Waals surface area contributed by atoms with Crippen LogP contribution in [0.2, 0.25) is 0 Å². The summed E-state index contributed by atoms with van der Waals surface area (Å²) in [4.78, 5) is 0. The number of rotatable bonds is 0. The van der Waals surface area contributed by atoms with E-state index in [4.69, 9.17) is 0 Å². The van der Waals surface area contributed by atoms with Gasteiger partial charge in [0, 0.05) is 10.8 Å². The maximum absolute atomic E-state index is 13.4. The summed E-state index contributed by atoms with van der Waals surface area (Å²) in [6, 6.07) is 28.9.